The van der Waals surface area contributed by atoms with E-state index in [0.717, 1.165) is 10.9 Å². The lowest BCUT2D eigenvalue weighted by atomic mass is 10.1. The Labute approximate surface area is 147 Å². The molecule has 3 rings (SSSR count). The van der Waals surface area contributed by atoms with Crippen LogP contribution in [0.4, 0.5) is 5.82 Å². The van der Waals surface area contributed by atoms with Gasteiger partial charge in [-0.3, -0.25) is 0 Å². The number of hydrogen-bond donors (Lipinski definition) is 1. The van der Waals surface area contributed by atoms with Gasteiger partial charge < -0.3 is 19.7 Å². The molecule has 0 unspecified atom stereocenters. The molecule has 0 saturated carbocycles. The van der Waals surface area contributed by atoms with Gasteiger partial charge >= 0.3 is 0 Å². The van der Waals surface area contributed by atoms with Gasteiger partial charge in [-0.05, 0) is 38.6 Å². The number of aromatic amines is 1. The van der Waals surface area contributed by atoms with Crippen LogP contribution in [0, 0.1) is 0 Å². The first-order valence-electron chi connectivity index (χ1n) is 8.43. The first kappa shape index (κ1) is 16.8. The molecule has 1 aromatic carbocycles. The van der Waals surface area contributed by atoms with Crippen molar-refractivity contribution in [2.45, 2.75) is 12.8 Å². The van der Waals surface area contributed by atoms with E-state index in [0.29, 0.717) is 0 Å². The van der Waals surface area contributed by atoms with E-state index in [1.54, 1.807) is 0 Å². The smallest absolute Gasteiger partial charge is 0.109 e. The van der Waals surface area contributed by atoms with Crippen molar-refractivity contribution >= 4 is 32.7 Å². The molecule has 0 spiro atoms. The molecule has 1 aliphatic heterocycles. The summed E-state index contributed by atoms with van der Waals surface area (Å²) in [6, 6.07) is 6.54. The highest BCUT2D eigenvalue weighted by Crippen LogP contribution is 2.31. The van der Waals surface area contributed by atoms with Crippen LogP contribution in [0.1, 0.15) is 12.0 Å². The van der Waals surface area contributed by atoms with Crippen LogP contribution in [-0.2, 0) is 6.42 Å². The minimum atomic E-state index is 1.13. The van der Waals surface area contributed by atoms with Crippen molar-refractivity contribution in [3.8, 4) is 0 Å². The van der Waals surface area contributed by atoms with Crippen LogP contribution < -0.4 is 4.90 Å². The number of anilines is 1. The van der Waals surface area contributed by atoms with Crippen molar-refractivity contribution in [1.82, 2.24) is 14.8 Å². The number of aromatic nitrogens is 1. The van der Waals surface area contributed by atoms with E-state index in [1.807, 2.05) is 0 Å². The number of H-pyrrole nitrogens is 1. The first-order valence-corrected chi connectivity index (χ1v) is 9.22. The normalized spacial score (nSPS) is 17.0. The number of aryl methyl sites for hydroxylation is 1. The van der Waals surface area contributed by atoms with Crippen molar-refractivity contribution in [2.24, 2.45) is 0 Å². The highest BCUT2D eigenvalue weighted by Gasteiger charge is 2.16. The van der Waals surface area contributed by atoms with Crippen LogP contribution in [0.5, 0.6) is 0 Å². The Bertz CT molecular complexity index is 656. The average Bonchev–Trinajstić information content (AvgIpc) is 2.87. The molecule has 2 heterocycles. The molecule has 0 atom stereocenters. The third kappa shape index (κ3) is 3.90. The van der Waals surface area contributed by atoms with Gasteiger partial charge in [0.1, 0.15) is 5.82 Å². The molecule has 0 aliphatic carbocycles. The lowest BCUT2D eigenvalue weighted by Crippen LogP contribution is -2.44. The maximum Gasteiger partial charge on any atom is 0.109 e. The van der Waals surface area contributed by atoms with E-state index in [9.17, 15) is 0 Å². The quantitative estimate of drug-likeness (QED) is 0.864. The molecule has 4 nitrogen and oxygen atoms in total. The molecule has 126 valence electrons. The number of likely N-dealkylation sites (N-methyl/N-ethyl adjacent to an activating group) is 1. The van der Waals surface area contributed by atoms with E-state index < -0.39 is 0 Å². The van der Waals surface area contributed by atoms with Gasteiger partial charge in [-0.2, -0.15) is 0 Å². The number of piperazine rings is 1. The average molecular weight is 379 g/mol. The third-order valence-electron chi connectivity index (χ3n) is 4.79. The lowest BCUT2D eigenvalue weighted by Gasteiger charge is -2.32. The maximum atomic E-state index is 3.57. The molecule has 1 aliphatic rings. The largest absolute Gasteiger partial charge is 0.364 e. The van der Waals surface area contributed by atoms with Gasteiger partial charge in [0.15, 0.2) is 0 Å². The Kier molecular flexibility index (Phi) is 5.29. The fourth-order valence-corrected chi connectivity index (χ4v) is 3.76. The van der Waals surface area contributed by atoms with Gasteiger partial charge in [-0.15, -0.1) is 0 Å². The van der Waals surface area contributed by atoms with Gasteiger partial charge in [0.25, 0.3) is 0 Å². The van der Waals surface area contributed by atoms with Gasteiger partial charge in [0, 0.05) is 61.2 Å². The molecule has 1 fully saturated rings. The van der Waals surface area contributed by atoms with Crippen molar-refractivity contribution in [3.63, 3.8) is 0 Å². The van der Waals surface area contributed by atoms with E-state index in [2.05, 4.69) is 75.0 Å². The minimum absolute atomic E-state index is 1.13. The summed E-state index contributed by atoms with van der Waals surface area (Å²) in [4.78, 5) is 10.8. The summed E-state index contributed by atoms with van der Waals surface area (Å²) in [6.45, 7) is 6.01. The van der Waals surface area contributed by atoms with Crippen LogP contribution in [0.15, 0.2) is 22.7 Å². The number of nitrogens with one attached hydrogen (secondary N) is 1. The number of rotatable bonds is 5. The summed E-state index contributed by atoms with van der Waals surface area (Å²) in [7, 11) is 6.44. The number of fused-ring (bicyclic) bond motifs is 1. The van der Waals surface area contributed by atoms with Crippen LogP contribution in [0.25, 0.3) is 10.9 Å². The zero-order chi connectivity index (χ0) is 16.4. The molecule has 23 heavy (non-hydrogen) atoms. The molecular weight excluding hydrogens is 352 g/mol. The van der Waals surface area contributed by atoms with Gasteiger partial charge in [0.2, 0.25) is 0 Å². The predicted molar refractivity (Wildman–Crippen MR) is 103 cm³/mol. The minimum Gasteiger partial charge on any atom is -0.364 e. The van der Waals surface area contributed by atoms with E-state index in [4.69, 9.17) is 0 Å². The summed E-state index contributed by atoms with van der Waals surface area (Å²) in [6.07, 6.45) is 2.34. The van der Waals surface area contributed by atoms with E-state index in [1.165, 1.54) is 61.4 Å². The second-order valence-corrected chi connectivity index (χ2v) is 7.70. The molecule has 1 N–H and O–H groups in total. The highest BCUT2D eigenvalue weighted by molar-refractivity contribution is 9.10. The van der Waals surface area contributed by atoms with Gasteiger partial charge in [-0.1, -0.05) is 22.0 Å². The zero-order valence-electron chi connectivity index (χ0n) is 14.4. The molecule has 0 radical (unpaired) electrons. The molecule has 1 saturated heterocycles. The second kappa shape index (κ2) is 7.24. The first-order chi connectivity index (χ1) is 11.0. The summed E-state index contributed by atoms with van der Waals surface area (Å²) in [5.74, 6) is 1.25. The Morgan fingerprint density at radius 1 is 1.17 bits per heavy atom. The second-order valence-electron chi connectivity index (χ2n) is 6.78. The van der Waals surface area contributed by atoms with Crippen molar-refractivity contribution in [1.29, 1.82) is 0 Å². The Balaban J connectivity index is 1.70. The van der Waals surface area contributed by atoms with Crippen molar-refractivity contribution in [2.75, 3.05) is 58.8 Å². The number of halogens is 1. The molecule has 1 aromatic heterocycles. The summed E-state index contributed by atoms with van der Waals surface area (Å²) >= 11 is 3.57. The van der Waals surface area contributed by atoms with Gasteiger partial charge in [0.05, 0.1) is 0 Å². The van der Waals surface area contributed by atoms with Crippen LogP contribution >= 0.6 is 15.9 Å². The fourth-order valence-electron chi connectivity index (χ4n) is 3.40. The van der Waals surface area contributed by atoms with Crippen LogP contribution in [0.3, 0.4) is 0 Å². The SMILES string of the molecule is CN1CCN(CCCc2c(N(C)C)[nH]c3cc(Br)ccc23)CC1. The number of benzene rings is 1. The maximum absolute atomic E-state index is 3.57. The molecular formula is C18H27BrN4. The van der Waals surface area contributed by atoms with Crippen molar-refractivity contribution in [3.05, 3.63) is 28.2 Å². The third-order valence-corrected chi connectivity index (χ3v) is 5.28. The van der Waals surface area contributed by atoms with E-state index in [-0.39, 0.29) is 0 Å². The monoisotopic (exact) mass is 378 g/mol. The summed E-state index contributed by atoms with van der Waals surface area (Å²) < 4.78 is 1.13. The van der Waals surface area contributed by atoms with E-state index >= 15 is 0 Å². The molecule has 0 bridgehead atoms. The Morgan fingerprint density at radius 2 is 1.91 bits per heavy atom. The fraction of sp³-hybridized carbons (Fsp3) is 0.556. The summed E-state index contributed by atoms with van der Waals surface area (Å²) in [5.41, 5.74) is 2.67. The molecule has 0 amide bonds. The lowest BCUT2D eigenvalue weighted by molar-refractivity contribution is 0.153. The molecule has 5 heteroatoms. The van der Waals surface area contributed by atoms with Crippen LogP contribution in [-0.4, -0.2) is 68.7 Å². The van der Waals surface area contributed by atoms with Crippen LogP contribution in [0.2, 0.25) is 0 Å². The summed E-state index contributed by atoms with van der Waals surface area (Å²) in [5, 5.41) is 1.36. The number of hydrogen-bond acceptors (Lipinski definition) is 3. The zero-order valence-corrected chi connectivity index (χ0v) is 16.0. The highest BCUT2D eigenvalue weighted by atomic mass is 79.9. The number of nitrogens with zero attached hydrogens (tertiary/aromatic N) is 3. The van der Waals surface area contributed by atoms with Crippen molar-refractivity contribution < 1.29 is 0 Å². The molecule has 2 aromatic rings. The predicted octanol–water partition coefficient (Wildman–Crippen LogP) is 3.18. The Hall–Kier alpha value is -1.04. The van der Waals surface area contributed by atoms with Gasteiger partial charge in [-0.25, -0.2) is 0 Å². The standard InChI is InChI=1S/C18H27BrN4/c1-21(2)18-16(15-7-6-14(19)13-17(15)20-18)5-4-8-23-11-9-22(3)10-12-23/h6-7,13,20H,4-5,8-12H2,1-3H3. The Morgan fingerprint density at radius 3 is 2.61 bits per heavy atom. The topological polar surface area (TPSA) is 25.5 Å².